The minimum atomic E-state index is -0.0162. The van der Waals surface area contributed by atoms with Gasteiger partial charge in [0.05, 0.1) is 0 Å². The van der Waals surface area contributed by atoms with Crippen LogP contribution in [0.2, 0.25) is 0 Å². The van der Waals surface area contributed by atoms with E-state index < -0.39 is 0 Å². The second-order valence-electron chi connectivity index (χ2n) is 4.93. The number of hydrogen-bond donors (Lipinski definition) is 0. The normalized spacial score (nSPS) is 24.8. The van der Waals surface area contributed by atoms with E-state index in [-0.39, 0.29) is 6.04 Å². The summed E-state index contributed by atoms with van der Waals surface area (Å²) in [7, 11) is 2.10. The second kappa shape index (κ2) is 5.92. The van der Waals surface area contributed by atoms with Crippen LogP contribution in [0.15, 0.2) is 35.5 Å². The third kappa shape index (κ3) is 3.13. The molecule has 0 heterocycles. The molecule has 0 spiro atoms. The van der Waals surface area contributed by atoms with Crippen molar-refractivity contribution in [1.82, 2.24) is 4.90 Å². The summed E-state index contributed by atoms with van der Waals surface area (Å²) in [5.74, 6) is 0. The van der Waals surface area contributed by atoms with Crippen LogP contribution in [-0.4, -0.2) is 24.0 Å². The number of nitroso groups, excluding NO2 is 1. The molecule has 0 radical (unpaired) electrons. The Hall–Kier alpha value is -1.22. The van der Waals surface area contributed by atoms with Crippen LogP contribution in [-0.2, 0) is 6.54 Å². The van der Waals surface area contributed by atoms with Gasteiger partial charge in [0.25, 0.3) is 0 Å². The van der Waals surface area contributed by atoms with Gasteiger partial charge in [0, 0.05) is 12.6 Å². The zero-order valence-electron chi connectivity index (χ0n) is 10.4. The van der Waals surface area contributed by atoms with E-state index in [4.69, 9.17) is 0 Å². The molecule has 1 saturated carbocycles. The van der Waals surface area contributed by atoms with Crippen molar-refractivity contribution in [2.45, 2.75) is 44.3 Å². The first-order chi connectivity index (χ1) is 8.31. The van der Waals surface area contributed by atoms with E-state index in [1.54, 1.807) is 0 Å². The SMILES string of the molecule is CN(Cc1ccccc1)[C@H]1CCCC[C@H]1N=O. The molecular formula is C14H20N2O. The van der Waals surface area contributed by atoms with Crippen molar-refractivity contribution >= 4 is 0 Å². The molecule has 2 rings (SSSR count). The van der Waals surface area contributed by atoms with Crippen LogP contribution >= 0.6 is 0 Å². The van der Waals surface area contributed by atoms with Gasteiger partial charge in [0.15, 0.2) is 0 Å². The van der Waals surface area contributed by atoms with Gasteiger partial charge in [-0.1, -0.05) is 48.4 Å². The molecule has 0 N–H and O–H groups in total. The van der Waals surface area contributed by atoms with E-state index in [1.807, 2.05) is 6.07 Å². The number of benzene rings is 1. The van der Waals surface area contributed by atoms with Gasteiger partial charge < -0.3 is 0 Å². The molecule has 1 fully saturated rings. The van der Waals surface area contributed by atoms with Crippen molar-refractivity contribution in [1.29, 1.82) is 0 Å². The fourth-order valence-corrected chi connectivity index (χ4v) is 2.72. The number of likely N-dealkylation sites (N-methyl/N-ethyl adjacent to an activating group) is 1. The summed E-state index contributed by atoms with van der Waals surface area (Å²) < 4.78 is 0. The standard InChI is InChI=1S/C14H20N2O/c1-16(11-12-7-3-2-4-8-12)14-10-6-5-9-13(14)15-17/h2-4,7-8,13-14H,5-6,9-11H2,1H3/t13-,14+/m1/s1. The van der Waals surface area contributed by atoms with Crippen molar-refractivity contribution in [2.24, 2.45) is 5.18 Å². The maximum atomic E-state index is 10.9. The van der Waals surface area contributed by atoms with E-state index >= 15 is 0 Å². The molecule has 3 nitrogen and oxygen atoms in total. The molecular weight excluding hydrogens is 212 g/mol. The van der Waals surface area contributed by atoms with Crippen LogP contribution in [0.5, 0.6) is 0 Å². The first kappa shape index (κ1) is 12.2. The molecule has 17 heavy (non-hydrogen) atoms. The summed E-state index contributed by atoms with van der Waals surface area (Å²) in [6, 6.07) is 10.7. The van der Waals surface area contributed by atoms with E-state index in [2.05, 4.69) is 41.4 Å². The minimum Gasteiger partial charge on any atom is -0.297 e. The Balaban J connectivity index is 1.98. The van der Waals surface area contributed by atoms with Gasteiger partial charge >= 0.3 is 0 Å². The van der Waals surface area contributed by atoms with Crippen molar-refractivity contribution in [2.75, 3.05) is 7.05 Å². The lowest BCUT2D eigenvalue weighted by atomic mass is 9.90. The van der Waals surface area contributed by atoms with Gasteiger partial charge in [-0.2, -0.15) is 4.91 Å². The molecule has 0 bridgehead atoms. The monoisotopic (exact) mass is 232 g/mol. The first-order valence-electron chi connectivity index (χ1n) is 6.38. The van der Waals surface area contributed by atoms with E-state index in [0.29, 0.717) is 6.04 Å². The van der Waals surface area contributed by atoms with Gasteiger partial charge in [-0.3, -0.25) is 4.90 Å². The fourth-order valence-electron chi connectivity index (χ4n) is 2.72. The van der Waals surface area contributed by atoms with Gasteiger partial charge in [0.1, 0.15) is 6.04 Å². The van der Waals surface area contributed by atoms with Crippen molar-refractivity contribution in [3.8, 4) is 0 Å². The third-order valence-electron chi connectivity index (χ3n) is 3.67. The first-order valence-corrected chi connectivity index (χ1v) is 6.38. The smallest absolute Gasteiger partial charge is 0.107 e. The van der Waals surface area contributed by atoms with Crippen molar-refractivity contribution < 1.29 is 0 Å². The average molecular weight is 232 g/mol. The van der Waals surface area contributed by atoms with E-state index in [1.165, 1.54) is 12.0 Å². The maximum absolute atomic E-state index is 10.9. The Morgan fingerprint density at radius 2 is 1.94 bits per heavy atom. The summed E-state index contributed by atoms with van der Waals surface area (Å²) in [4.78, 5) is 13.1. The van der Waals surface area contributed by atoms with Gasteiger partial charge in [-0.05, 0) is 25.5 Å². The molecule has 92 valence electrons. The average Bonchev–Trinajstić information content (AvgIpc) is 2.40. The molecule has 1 aliphatic carbocycles. The van der Waals surface area contributed by atoms with Crippen molar-refractivity contribution in [3.63, 3.8) is 0 Å². The lowest BCUT2D eigenvalue weighted by molar-refractivity contribution is 0.162. The third-order valence-corrected chi connectivity index (χ3v) is 3.67. The van der Waals surface area contributed by atoms with Crippen LogP contribution in [0.25, 0.3) is 0 Å². The summed E-state index contributed by atoms with van der Waals surface area (Å²) in [6.07, 6.45) is 4.41. The highest BCUT2D eigenvalue weighted by Crippen LogP contribution is 2.25. The molecule has 1 aromatic rings. The Morgan fingerprint density at radius 1 is 1.24 bits per heavy atom. The molecule has 3 heteroatoms. The zero-order chi connectivity index (χ0) is 12.1. The Morgan fingerprint density at radius 3 is 2.65 bits per heavy atom. The zero-order valence-corrected chi connectivity index (χ0v) is 10.4. The van der Waals surface area contributed by atoms with E-state index in [9.17, 15) is 4.91 Å². The van der Waals surface area contributed by atoms with Gasteiger partial charge in [-0.25, -0.2) is 0 Å². The molecule has 0 saturated heterocycles. The molecule has 0 aliphatic heterocycles. The number of rotatable bonds is 4. The van der Waals surface area contributed by atoms with Crippen LogP contribution in [0.1, 0.15) is 31.2 Å². The summed E-state index contributed by atoms with van der Waals surface area (Å²) >= 11 is 0. The Kier molecular flexibility index (Phi) is 4.26. The molecule has 0 unspecified atom stereocenters. The lowest BCUT2D eigenvalue weighted by Crippen LogP contribution is -2.41. The maximum Gasteiger partial charge on any atom is 0.107 e. The molecule has 1 aromatic carbocycles. The Bertz CT molecular complexity index is 352. The largest absolute Gasteiger partial charge is 0.297 e. The second-order valence-corrected chi connectivity index (χ2v) is 4.93. The minimum absolute atomic E-state index is 0.0162. The van der Waals surface area contributed by atoms with E-state index in [0.717, 1.165) is 25.8 Å². The summed E-state index contributed by atoms with van der Waals surface area (Å²) in [6.45, 7) is 0.900. The highest BCUT2D eigenvalue weighted by atomic mass is 16.3. The predicted octanol–water partition coefficient (Wildman–Crippen LogP) is 3.20. The molecule has 0 aromatic heterocycles. The van der Waals surface area contributed by atoms with Crippen LogP contribution < -0.4 is 0 Å². The molecule has 0 amide bonds. The summed E-state index contributed by atoms with van der Waals surface area (Å²) in [5.41, 5.74) is 1.30. The highest BCUT2D eigenvalue weighted by molar-refractivity contribution is 5.14. The van der Waals surface area contributed by atoms with Crippen LogP contribution in [0.4, 0.5) is 0 Å². The summed E-state index contributed by atoms with van der Waals surface area (Å²) in [5, 5.41) is 3.30. The number of hydrogen-bond acceptors (Lipinski definition) is 3. The van der Waals surface area contributed by atoms with Gasteiger partial charge in [-0.15, -0.1) is 0 Å². The fraction of sp³-hybridized carbons (Fsp3) is 0.571. The Labute approximate surface area is 103 Å². The van der Waals surface area contributed by atoms with Crippen LogP contribution in [0, 0.1) is 4.91 Å². The number of nitrogens with zero attached hydrogens (tertiary/aromatic N) is 2. The topological polar surface area (TPSA) is 32.7 Å². The van der Waals surface area contributed by atoms with Crippen LogP contribution in [0.3, 0.4) is 0 Å². The quantitative estimate of drug-likeness (QED) is 0.747. The highest BCUT2D eigenvalue weighted by Gasteiger charge is 2.28. The molecule has 1 aliphatic rings. The van der Waals surface area contributed by atoms with Crippen molar-refractivity contribution in [3.05, 3.63) is 40.8 Å². The molecule has 2 atom stereocenters. The predicted molar refractivity (Wildman–Crippen MR) is 69.7 cm³/mol. The lowest BCUT2D eigenvalue weighted by Gasteiger charge is -2.34. The van der Waals surface area contributed by atoms with Gasteiger partial charge in [0.2, 0.25) is 0 Å².